The molecule has 4 N–H and O–H groups in total. The van der Waals surface area contributed by atoms with Gasteiger partial charge in [-0.05, 0) is 36.0 Å². The lowest BCUT2D eigenvalue weighted by molar-refractivity contribution is -0.142. The van der Waals surface area contributed by atoms with Gasteiger partial charge in [-0.1, -0.05) is 68.4 Å². The van der Waals surface area contributed by atoms with E-state index < -0.39 is 5.41 Å². The number of hydrogen-bond acceptors (Lipinski definition) is 3. The van der Waals surface area contributed by atoms with Crippen LogP contribution in [0.4, 0.5) is 0 Å². The van der Waals surface area contributed by atoms with Crippen molar-refractivity contribution in [1.82, 2.24) is 4.90 Å². The van der Waals surface area contributed by atoms with Gasteiger partial charge >= 0.3 is 0 Å². The van der Waals surface area contributed by atoms with E-state index in [1.165, 1.54) is 11.1 Å². The van der Waals surface area contributed by atoms with E-state index in [1.54, 1.807) is 0 Å². The molecule has 0 atom stereocenters. The molecule has 0 aromatic heterocycles. The number of hydrogen-bond donors (Lipinski definition) is 2. The molecule has 1 aliphatic rings. The molecule has 0 aliphatic carbocycles. The highest BCUT2D eigenvalue weighted by molar-refractivity contribution is 5.82. The van der Waals surface area contributed by atoms with Crippen LogP contribution in [0.3, 0.4) is 0 Å². The van der Waals surface area contributed by atoms with E-state index in [1.807, 2.05) is 36.9 Å². The van der Waals surface area contributed by atoms with Crippen LogP contribution >= 0.6 is 0 Å². The van der Waals surface area contributed by atoms with E-state index in [-0.39, 0.29) is 11.3 Å². The van der Waals surface area contributed by atoms with Gasteiger partial charge in [-0.15, -0.1) is 0 Å². The van der Waals surface area contributed by atoms with Crippen molar-refractivity contribution in [2.24, 2.45) is 16.9 Å². The highest BCUT2D eigenvalue weighted by Crippen LogP contribution is 2.36. The molecule has 1 saturated heterocycles. The lowest BCUT2D eigenvalue weighted by Gasteiger charge is -2.43. The van der Waals surface area contributed by atoms with Crippen LogP contribution in [0.5, 0.6) is 0 Å². The number of rotatable bonds is 6. The summed E-state index contributed by atoms with van der Waals surface area (Å²) in [6, 6.07) is 18.8. The van der Waals surface area contributed by atoms with Gasteiger partial charge < -0.3 is 16.4 Å². The maximum atomic E-state index is 13.3. The summed E-state index contributed by atoms with van der Waals surface area (Å²) in [5.41, 5.74) is 15.0. The third kappa shape index (κ3) is 4.29. The molecule has 0 radical (unpaired) electrons. The zero-order valence-electron chi connectivity index (χ0n) is 17.2. The van der Waals surface area contributed by atoms with E-state index in [0.29, 0.717) is 13.1 Å². The van der Waals surface area contributed by atoms with E-state index in [0.717, 1.165) is 37.9 Å². The molecule has 4 nitrogen and oxygen atoms in total. The largest absolute Gasteiger partial charge is 0.342 e. The molecule has 0 spiro atoms. The van der Waals surface area contributed by atoms with Crippen molar-refractivity contribution in [1.29, 1.82) is 0 Å². The summed E-state index contributed by atoms with van der Waals surface area (Å²) in [4.78, 5) is 15.3. The van der Waals surface area contributed by atoms with Gasteiger partial charge in [0.05, 0.1) is 0 Å². The predicted octanol–water partition coefficient (Wildman–Crippen LogP) is 3.23. The first-order chi connectivity index (χ1) is 13.4. The Bertz CT molecular complexity index is 775. The number of nitrogens with two attached hydrogens (primary N) is 2. The molecule has 0 saturated carbocycles. The predicted molar refractivity (Wildman–Crippen MR) is 115 cm³/mol. The van der Waals surface area contributed by atoms with Crippen molar-refractivity contribution in [3.63, 3.8) is 0 Å². The number of amides is 1. The first-order valence-electron chi connectivity index (χ1n) is 10.2. The lowest BCUT2D eigenvalue weighted by atomic mass is 9.72. The van der Waals surface area contributed by atoms with Gasteiger partial charge in [0.1, 0.15) is 0 Å². The van der Waals surface area contributed by atoms with Crippen molar-refractivity contribution >= 4 is 5.91 Å². The fourth-order valence-corrected chi connectivity index (χ4v) is 4.35. The van der Waals surface area contributed by atoms with E-state index in [4.69, 9.17) is 11.5 Å². The SMILES string of the molecule is CC(C)(Cc1ccc(CN)cc1)C(=O)N1CCC(CN)(c2ccccc2)CC1. The quantitative estimate of drug-likeness (QED) is 0.809. The minimum absolute atomic E-state index is 0.0137. The smallest absolute Gasteiger partial charge is 0.228 e. The highest BCUT2D eigenvalue weighted by atomic mass is 16.2. The molecule has 0 bridgehead atoms. The summed E-state index contributed by atoms with van der Waals surface area (Å²) >= 11 is 0. The van der Waals surface area contributed by atoms with Gasteiger partial charge in [0.2, 0.25) is 5.91 Å². The minimum Gasteiger partial charge on any atom is -0.342 e. The summed E-state index contributed by atoms with van der Waals surface area (Å²) in [5, 5.41) is 0. The minimum atomic E-state index is -0.431. The molecule has 0 unspecified atom stereocenters. The maximum absolute atomic E-state index is 13.3. The molecule has 2 aromatic rings. The number of carbonyl (C=O) groups is 1. The lowest BCUT2D eigenvalue weighted by Crippen LogP contribution is -2.51. The molecule has 1 heterocycles. The Morgan fingerprint density at radius 2 is 1.54 bits per heavy atom. The number of carbonyl (C=O) groups excluding carboxylic acids is 1. The van der Waals surface area contributed by atoms with Crippen LogP contribution in [0.2, 0.25) is 0 Å². The topological polar surface area (TPSA) is 72.4 Å². The standard InChI is InChI=1S/C24H33N3O/c1-23(2,16-19-8-10-20(17-25)11-9-19)22(28)27-14-12-24(18-26,13-15-27)21-6-4-3-5-7-21/h3-11H,12-18,25-26H2,1-2H3. The number of nitrogens with zero attached hydrogens (tertiary/aromatic N) is 1. The Hall–Kier alpha value is -2.17. The summed E-state index contributed by atoms with van der Waals surface area (Å²) in [7, 11) is 0. The molecule has 28 heavy (non-hydrogen) atoms. The van der Waals surface area contributed by atoms with Crippen molar-refractivity contribution in [2.45, 2.75) is 45.1 Å². The molecule has 3 rings (SSSR count). The van der Waals surface area contributed by atoms with Crippen LogP contribution in [-0.4, -0.2) is 30.4 Å². The number of likely N-dealkylation sites (tertiary alicyclic amines) is 1. The second kappa shape index (κ2) is 8.46. The summed E-state index contributed by atoms with van der Waals surface area (Å²) in [6.45, 7) is 6.79. The first kappa shape index (κ1) is 20.6. The molecule has 150 valence electrons. The Morgan fingerprint density at radius 1 is 0.964 bits per heavy atom. The van der Waals surface area contributed by atoms with Gasteiger partial charge in [-0.25, -0.2) is 0 Å². The van der Waals surface area contributed by atoms with Crippen LogP contribution in [0.15, 0.2) is 54.6 Å². The van der Waals surface area contributed by atoms with E-state index in [2.05, 4.69) is 36.4 Å². The van der Waals surface area contributed by atoms with Gasteiger partial charge in [0.15, 0.2) is 0 Å². The third-order valence-electron chi connectivity index (χ3n) is 6.27. The van der Waals surface area contributed by atoms with Gasteiger partial charge in [0.25, 0.3) is 0 Å². The fraction of sp³-hybridized carbons (Fsp3) is 0.458. The maximum Gasteiger partial charge on any atom is 0.228 e. The second-order valence-corrected chi connectivity index (χ2v) is 8.72. The monoisotopic (exact) mass is 379 g/mol. The summed E-state index contributed by atoms with van der Waals surface area (Å²) < 4.78 is 0. The van der Waals surface area contributed by atoms with Crippen molar-refractivity contribution in [3.8, 4) is 0 Å². The zero-order valence-corrected chi connectivity index (χ0v) is 17.2. The number of benzene rings is 2. The van der Waals surface area contributed by atoms with Crippen molar-refractivity contribution in [2.75, 3.05) is 19.6 Å². The Kier molecular flexibility index (Phi) is 6.21. The first-order valence-corrected chi connectivity index (χ1v) is 10.2. The van der Waals surface area contributed by atoms with E-state index in [9.17, 15) is 4.79 Å². The molecule has 1 fully saturated rings. The van der Waals surface area contributed by atoms with Crippen LogP contribution in [-0.2, 0) is 23.2 Å². The fourth-order valence-electron chi connectivity index (χ4n) is 4.35. The Labute approximate surface area is 168 Å². The molecular weight excluding hydrogens is 346 g/mol. The Morgan fingerprint density at radius 3 is 2.07 bits per heavy atom. The van der Waals surface area contributed by atoms with Crippen molar-refractivity contribution in [3.05, 3.63) is 71.3 Å². The van der Waals surface area contributed by atoms with Gasteiger partial charge in [-0.2, -0.15) is 0 Å². The average molecular weight is 380 g/mol. The van der Waals surface area contributed by atoms with Gasteiger partial charge in [0, 0.05) is 37.0 Å². The molecule has 1 aliphatic heterocycles. The summed E-state index contributed by atoms with van der Waals surface area (Å²) in [5.74, 6) is 0.231. The van der Waals surface area contributed by atoms with Crippen LogP contribution in [0.1, 0.15) is 43.4 Å². The summed E-state index contributed by atoms with van der Waals surface area (Å²) in [6.07, 6.45) is 2.56. The Balaban J connectivity index is 1.66. The average Bonchev–Trinajstić information content (AvgIpc) is 2.74. The third-order valence-corrected chi connectivity index (χ3v) is 6.27. The number of piperidine rings is 1. The molecule has 1 amide bonds. The van der Waals surface area contributed by atoms with E-state index >= 15 is 0 Å². The van der Waals surface area contributed by atoms with Crippen LogP contribution < -0.4 is 11.5 Å². The molecule has 4 heteroatoms. The van der Waals surface area contributed by atoms with Crippen LogP contribution in [0, 0.1) is 5.41 Å². The second-order valence-electron chi connectivity index (χ2n) is 8.72. The van der Waals surface area contributed by atoms with Gasteiger partial charge in [-0.3, -0.25) is 4.79 Å². The normalized spacial score (nSPS) is 16.8. The zero-order chi connectivity index (χ0) is 20.2. The molecular formula is C24H33N3O. The molecule has 2 aromatic carbocycles. The van der Waals surface area contributed by atoms with Crippen LogP contribution in [0.25, 0.3) is 0 Å². The highest BCUT2D eigenvalue weighted by Gasteiger charge is 2.39. The van der Waals surface area contributed by atoms with Crippen molar-refractivity contribution < 1.29 is 4.79 Å².